The minimum Gasteiger partial charge on any atom is -0.465 e. The number of aryl methyl sites for hydroxylation is 1. The number of carbonyl (C=O) groups excluding carboxylic acids is 1. The summed E-state index contributed by atoms with van der Waals surface area (Å²) in [5, 5.41) is 8.97. The third kappa shape index (κ3) is 1.50. The lowest BCUT2D eigenvalue weighted by Crippen LogP contribution is -2.04. The first-order chi connectivity index (χ1) is 7.65. The molecule has 0 N–H and O–H groups in total. The van der Waals surface area contributed by atoms with E-state index in [0.717, 1.165) is 5.69 Å². The Bertz CT molecular complexity index is 607. The monoisotopic (exact) mass is 215 g/mol. The normalized spacial score (nSPS) is 10.1. The van der Waals surface area contributed by atoms with Gasteiger partial charge in [0, 0.05) is 12.4 Å². The molecule has 2 rings (SSSR count). The molecule has 5 nitrogen and oxygen atoms in total. The van der Waals surface area contributed by atoms with Gasteiger partial charge in [0.1, 0.15) is 6.07 Å². The van der Waals surface area contributed by atoms with Gasteiger partial charge in [0.2, 0.25) is 0 Å². The van der Waals surface area contributed by atoms with E-state index < -0.39 is 5.97 Å². The van der Waals surface area contributed by atoms with Gasteiger partial charge in [0.25, 0.3) is 0 Å². The summed E-state index contributed by atoms with van der Waals surface area (Å²) in [6, 6.07) is 3.49. The van der Waals surface area contributed by atoms with Gasteiger partial charge in [-0.25, -0.2) is 9.78 Å². The zero-order valence-electron chi connectivity index (χ0n) is 8.89. The Labute approximate surface area is 91.9 Å². The fourth-order valence-corrected chi connectivity index (χ4v) is 1.53. The fraction of sp³-hybridized carbons (Fsp3) is 0.182. The van der Waals surface area contributed by atoms with Crippen molar-refractivity contribution in [2.24, 2.45) is 0 Å². The van der Waals surface area contributed by atoms with Gasteiger partial charge < -0.3 is 9.14 Å². The SMILES string of the molecule is COC(=O)c1cc(C#N)c2nc(C)cn2c1. The van der Waals surface area contributed by atoms with E-state index in [0.29, 0.717) is 16.8 Å². The zero-order chi connectivity index (χ0) is 11.7. The van der Waals surface area contributed by atoms with Crippen LogP contribution in [0.4, 0.5) is 0 Å². The number of pyridine rings is 1. The smallest absolute Gasteiger partial charge is 0.339 e. The minimum atomic E-state index is -0.468. The number of fused-ring (bicyclic) bond motifs is 1. The molecular weight excluding hydrogens is 206 g/mol. The number of aromatic nitrogens is 2. The van der Waals surface area contributed by atoms with Crippen LogP contribution in [0, 0.1) is 18.3 Å². The number of carbonyl (C=O) groups is 1. The summed E-state index contributed by atoms with van der Waals surface area (Å²) in [6.45, 7) is 1.83. The van der Waals surface area contributed by atoms with Crippen molar-refractivity contribution in [1.29, 1.82) is 5.26 Å². The molecule has 0 spiro atoms. The van der Waals surface area contributed by atoms with E-state index in [-0.39, 0.29) is 0 Å². The van der Waals surface area contributed by atoms with E-state index >= 15 is 0 Å². The number of methoxy groups -OCH3 is 1. The number of esters is 1. The van der Waals surface area contributed by atoms with Crippen molar-refractivity contribution in [3.63, 3.8) is 0 Å². The molecule has 0 aliphatic carbocycles. The topological polar surface area (TPSA) is 67.4 Å². The average Bonchev–Trinajstić information content (AvgIpc) is 2.66. The van der Waals surface area contributed by atoms with Crippen molar-refractivity contribution in [2.75, 3.05) is 7.11 Å². The summed E-state index contributed by atoms with van der Waals surface area (Å²) in [5.74, 6) is -0.468. The van der Waals surface area contributed by atoms with Gasteiger partial charge in [-0.3, -0.25) is 0 Å². The molecule has 5 heteroatoms. The maximum absolute atomic E-state index is 11.4. The van der Waals surface area contributed by atoms with Crippen LogP contribution in [0.1, 0.15) is 21.6 Å². The van der Waals surface area contributed by atoms with Gasteiger partial charge in [-0.2, -0.15) is 5.26 Å². The maximum atomic E-state index is 11.4. The fourth-order valence-electron chi connectivity index (χ4n) is 1.53. The lowest BCUT2D eigenvalue weighted by Gasteiger charge is -2.01. The van der Waals surface area contributed by atoms with Gasteiger partial charge in [0.15, 0.2) is 5.65 Å². The minimum absolute atomic E-state index is 0.337. The van der Waals surface area contributed by atoms with Crippen molar-refractivity contribution in [1.82, 2.24) is 9.38 Å². The largest absolute Gasteiger partial charge is 0.465 e. The van der Waals surface area contributed by atoms with Crippen LogP contribution < -0.4 is 0 Å². The van der Waals surface area contributed by atoms with E-state index in [4.69, 9.17) is 5.26 Å². The summed E-state index contributed by atoms with van der Waals surface area (Å²) in [7, 11) is 1.30. The molecule has 0 unspecified atom stereocenters. The van der Waals surface area contributed by atoms with E-state index in [1.54, 1.807) is 16.8 Å². The summed E-state index contributed by atoms with van der Waals surface area (Å²) in [4.78, 5) is 15.6. The van der Waals surface area contributed by atoms with Crippen LogP contribution in [0.5, 0.6) is 0 Å². The molecule has 16 heavy (non-hydrogen) atoms. The number of nitriles is 1. The maximum Gasteiger partial charge on any atom is 0.339 e. The van der Waals surface area contributed by atoms with E-state index in [9.17, 15) is 4.79 Å². The first-order valence-corrected chi connectivity index (χ1v) is 4.63. The van der Waals surface area contributed by atoms with Crippen molar-refractivity contribution >= 4 is 11.6 Å². The average molecular weight is 215 g/mol. The molecule has 0 atom stereocenters. The van der Waals surface area contributed by atoms with Gasteiger partial charge >= 0.3 is 5.97 Å². The summed E-state index contributed by atoms with van der Waals surface area (Å²) in [5.41, 5.74) is 2.03. The molecule has 2 aromatic rings. The number of nitrogens with zero attached hydrogens (tertiary/aromatic N) is 3. The zero-order valence-corrected chi connectivity index (χ0v) is 8.89. The van der Waals surface area contributed by atoms with Crippen LogP contribution in [-0.2, 0) is 4.74 Å². The van der Waals surface area contributed by atoms with Crippen LogP contribution in [0.3, 0.4) is 0 Å². The Balaban J connectivity index is 2.73. The van der Waals surface area contributed by atoms with Gasteiger partial charge in [0.05, 0.1) is 23.9 Å². The molecule has 0 aliphatic rings. The predicted molar refractivity (Wildman–Crippen MR) is 56.0 cm³/mol. The standard InChI is InChI=1S/C11H9N3O2/c1-7-5-14-6-9(11(15)16-2)3-8(4-12)10(14)13-7/h3,5-6H,1-2H3. The van der Waals surface area contributed by atoms with Gasteiger partial charge in [-0.15, -0.1) is 0 Å². The van der Waals surface area contributed by atoms with E-state index in [1.807, 2.05) is 13.0 Å². The Morgan fingerprint density at radius 1 is 1.56 bits per heavy atom. The quantitative estimate of drug-likeness (QED) is 0.672. The molecule has 2 aromatic heterocycles. The third-order valence-electron chi connectivity index (χ3n) is 2.21. The molecular formula is C11H9N3O2. The highest BCUT2D eigenvalue weighted by Gasteiger charge is 2.11. The highest BCUT2D eigenvalue weighted by atomic mass is 16.5. The van der Waals surface area contributed by atoms with Crippen molar-refractivity contribution < 1.29 is 9.53 Å². The van der Waals surface area contributed by atoms with Gasteiger partial charge in [-0.05, 0) is 13.0 Å². The summed E-state index contributed by atoms with van der Waals surface area (Å²) < 4.78 is 6.26. The first kappa shape index (κ1) is 10.2. The number of rotatable bonds is 1. The van der Waals surface area contributed by atoms with Crippen LogP contribution in [0.15, 0.2) is 18.5 Å². The van der Waals surface area contributed by atoms with Crippen molar-refractivity contribution in [3.05, 3.63) is 35.3 Å². The molecule has 0 saturated carbocycles. The van der Waals surface area contributed by atoms with Crippen LogP contribution >= 0.6 is 0 Å². The van der Waals surface area contributed by atoms with Crippen molar-refractivity contribution in [2.45, 2.75) is 6.92 Å². The highest BCUT2D eigenvalue weighted by Crippen LogP contribution is 2.13. The van der Waals surface area contributed by atoms with Crippen LogP contribution in [0.25, 0.3) is 5.65 Å². The van der Waals surface area contributed by atoms with Gasteiger partial charge in [-0.1, -0.05) is 0 Å². The summed E-state index contributed by atoms with van der Waals surface area (Å²) >= 11 is 0. The van der Waals surface area contributed by atoms with E-state index in [1.165, 1.54) is 13.2 Å². The Morgan fingerprint density at radius 2 is 2.31 bits per heavy atom. The highest BCUT2D eigenvalue weighted by molar-refractivity contribution is 5.90. The molecule has 0 radical (unpaired) electrons. The van der Waals surface area contributed by atoms with Crippen molar-refractivity contribution in [3.8, 4) is 6.07 Å². The molecule has 0 aromatic carbocycles. The number of hydrogen-bond acceptors (Lipinski definition) is 4. The second kappa shape index (κ2) is 3.66. The molecule has 80 valence electrons. The number of hydrogen-bond donors (Lipinski definition) is 0. The Morgan fingerprint density at radius 3 is 2.94 bits per heavy atom. The molecule has 0 bridgehead atoms. The summed E-state index contributed by atoms with van der Waals surface area (Å²) in [6.07, 6.45) is 3.35. The Kier molecular flexibility index (Phi) is 2.33. The lowest BCUT2D eigenvalue weighted by molar-refractivity contribution is 0.0600. The Hall–Kier alpha value is -2.35. The van der Waals surface area contributed by atoms with E-state index in [2.05, 4.69) is 9.72 Å². The second-order valence-corrected chi connectivity index (χ2v) is 3.36. The molecule has 0 amide bonds. The second-order valence-electron chi connectivity index (χ2n) is 3.36. The van der Waals surface area contributed by atoms with Crippen LogP contribution in [-0.4, -0.2) is 22.5 Å². The van der Waals surface area contributed by atoms with Crippen LogP contribution in [0.2, 0.25) is 0 Å². The molecule has 0 fully saturated rings. The predicted octanol–water partition coefficient (Wildman–Crippen LogP) is 1.30. The molecule has 0 aliphatic heterocycles. The molecule has 0 saturated heterocycles. The lowest BCUT2D eigenvalue weighted by atomic mass is 10.2. The number of ether oxygens (including phenoxy) is 1. The first-order valence-electron chi connectivity index (χ1n) is 4.63. The number of imidazole rings is 1. The molecule has 2 heterocycles. The third-order valence-corrected chi connectivity index (χ3v) is 2.21.